The Morgan fingerprint density at radius 2 is 2.13 bits per heavy atom. The van der Waals surface area contributed by atoms with Gasteiger partial charge in [-0.15, -0.1) is 0 Å². The third kappa shape index (κ3) is 2.93. The number of ether oxygens (including phenoxy) is 1. The monoisotopic (exact) mass is 352 g/mol. The van der Waals surface area contributed by atoms with E-state index in [4.69, 9.17) is 20.3 Å². The molecule has 12 nitrogen and oxygen atoms in total. The maximum atomic E-state index is 11.0. The summed E-state index contributed by atoms with van der Waals surface area (Å²) in [5.74, 6) is 0.128. The second-order valence-electron chi connectivity index (χ2n) is 4.88. The third-order valence-corrected chi connectivity index (χ3v) is 3.93. The van der Waals surface area contributed by atoms with Crippen LogP contribution in [0.5, 0.6) is 0 Å². The number of fused-ring (bicyclic) bond motifs is 1. The van der Waals surface area contributed by atoms with Crippen LogP contribution in [0.3, 0.4) is 0 Å². The molecule has 0 aliphatic carbocycles. The maximum absolute atomic E-state index is 11.0. The van der Waals surface area contributed by atoms with Crippen molar-refractivity contribution in [3.05, 3.63) is 12.7 Å². The fourth-order valence-corrected chi connectivity index (χ4v) is 3.02. The molecule has 3 rings (SSSR count). The lowest BCUT2D eigenvalue weighted by Crippen LogP contribution is -2.35. The van der Waals surface area contributed by atoms with Crippen molar-refractivity contribution in [2.24, 2.45) is 0 Å². The first-order valence-electron chi connectivity index (χ1n) is 6.43. The van der Waals surface area contributed by atoms with E-state index < -0.39 is 39.0 Å². The molecule has 2 aromatic heterocycles. The second kappa shape index (κ2) is 5.76. The van der Waals surface area contributed by atoms with Gasteiger partial charge in [0.1, 0.15) is 30.2 Å². The average Bonchev–Trinajstić information content (AvgIpc) is 3.01. The quantitative estimate of drug-likeness (QED) is 0.307. The normalized spacial score (nSPS) is 28.5. The largest absolute Gasteiger partial charge is 0.470 e. The molecular weight excluding hydrogens is 338 g/mol. The Bertz CT molecular complexity index is 763. The summed E-state index contributed by atoms with van der Waals surface area (Å²) in [6.07, 6.45) is -2.68. The zero-order valence-electron chi connectivity index (χ0n) is 11.5. The first-order chi connectivity index (χ1) is 10.8. The van der Waals surface area contributed by atoms with Crippen LogP contribution < -0.4 is 5.73 Å². The van der Waals surface area contributed by atoms with Gasteiger partial charge < -0.3 is 30.5 Å². The van der Waals surface area contributed by atoms with Crippen LogP contribution in [0.15, 0.2) is 12.7 Å². The van der Waals surface area contributed by atoms with Crippen LogP contribution in [-0.4, -0.2) is 64.4 Å². The van der Waals surface area contributed by atoms with Crippen molar-refractivity contribution < 1.29 is 33.8 Å². The molecule has 1 aliphatic rings. The van der Waals surface area contributed by atoms with Crippen LogP contribution in [0, 0.1) is 0 Å². The number of nitrogens with two attached hydrogens (primary N) is 1. The van der Waals surface area contributed by atoms with E-state index in [1.165, 1.54) is 17.2 Å². The summed E-state index contributed by atoms with van der Waals surface area (Å²) in [6, 6.07) is 0. The molecule has 126 valence electrons. The van der Waals surface area contributed by atoms with E-state index in [1.54, 1.807) is 0 Å². The zero-order valence-corrected chi connectivity index (χ0v) is 12.4. The Hall–Kier alpha value is -1.66. The van der Waals surface area contributed by atoms with Gasteiger partial charge in [-0.3, -0.25) is 9.09 Å². The van der Waals surface area contributed by atoms with Crippen LogP contribution in [0.1, 0.15) is 6.23 Å². The van der Waals surface area contributed by atoms with Gasteiger partial charge in [0.2, 0.25) is 0 Å². The molecule has 0 amide bonds. The molecule has 0 saturated carbocycles. The van der Waals surface area contributed by atoms with Gasteiger partial charge in [-0.2, -0.15) is 0 Å². The Kier molecular flexibility index (Phi) is 4.06. The Morgan fingerprint density at radius 1 is 1.39 bits per heavy atom. The standard InChI is InChI=1S/C10H14N5O7P/c11-8-5-9(13-2-12-8)15(3-14-5)10-6(17)7(4(1-16)21-10)22-23(18,19)20/h2-4,6-7,10,16-17H,1H2,(H2,11,12,13)(H2,18,19,20)/t4-,6+,7?,10-/m1/s1/i1+1,4+1,6+1,7+1,10+1. The van der Waals surface area contributed by atoms with Gasteiger partial charge in [-0.1, -0.05) is 0 Å². The highest BCUT2D eigenvalue weighted by Crippen LogP contribution is 2.44. The topological polar surface area (TPSA) is 186 Å². The summed E-state index contributed by atoms with van der Waals surface area (Å²) < 4.78 is 22.3. The smallest absolute Gasteiger partial charge is 0.394 e. The molecule has 1 aliphatic heterocycles. The van der Waals surface area contributed by atoms with Gasteiger partial charge in [0.15, 0.2) is 17.7 Å². The molecule has 2 aromatic rings. The minimum absolute atomic E-state index is 0.128. The molecule has 13 heteroatoms. The molecule has 1 saturated heterocycles. The van der Waals surface area contributed by atoms with E-state index in [9.17, 15) is 14.8 Å². The lowest BCUT2D eigenvalue weighted by molar-refractivity contribution is -0.0509. The second-order valence-corrected chi connectivity index (χ2v) is 6.07. The van der Waals surface area contributed by atoms with Crippen molar-refractivity contribution >= 4 is 24.8 Å². The van der Waals surface area contributed by atoms with Crippen LogP contribution in [0.2, 0.25) is 0 Å². The number of nitrogen functional groups attached to an aromatic ring is 1. The van der Waals surface area contributed by atoms with Gasteiger partial charge in [0.25, 0.3) is 0 Å². The minimum Gasteiger partial charge on any atom is -0.394 e. The highest BCUT2D eigenvalue weighted by molar-refractivity contribution is 7.46. The van der Waals surface area contributed by atoms with Gasteiger partial charge in [-0.05, 0) is 0 Å². The molecule has 23 heavy (non-hydrogen) atoms. The summed E-state index contributed by atoms with van der Waals surface area (Å²) >= 11 is 0. The number of rotatable bonds is 4. The molecule has 4 atom stereocenters. The highest BCUT2D eigenvalue weighted by atomic mass is 31.2. The molecule has 3 heterocycles. The van der Waals surface area contributed by atoms with Crippen molar-refractivity contribution in [2.75, 3.05) is 12.3 Å². The van der Waals surface area contributed by atoms with Crippen molar-refractivity contribution in [1.82, 2.24) is 19.5 Å². The lowest BCUT2D eigenvalue weighted by atomic mass is 10.5. The van der Waals surface area contributed by atoms with Crippen molar-refractivity contribution in [3.63, 3.8) is 0 Å². The molecule has 0 aromatic carbocycles. The molecule has 1 fully saturated rings. The molecule has 6 N–H and O–H groups in total. The van der Waals surface area contributed by atoms with E-state index in [0.29, 0.717) is 0 Å². The van der Waals surface area contributed by atoms with Crippen LogP contribution in [0.25, 0.3) is 11.2 Å². The molecule has 0 bridgehead atoms. The highest BCUT2D eigenvalue weighted by Gasteiger charge is 2.48. The number of phosphoric ester groups is 1. The van der Waals surface area contributed by atoms with Crippen LogP contribution in [0.4, 0.5) is 5.82 Å². The molecule has 1 unspecified atom stereocenters. The fraction of sp³-hybridized carbons (Fsp3) is 0.500. The number of phosphoric acid groups is 1. The van der Waals surface area contributed by atoms with Gasteiger partial charge >= 0.3 is 7.82 Å². The van der Waals surface area contributed by atoms with Crippen molar-refractivity contribution in [3.8, 4) is 0 Å². The number of aliphatic hydroxyl groups excluding tert-OH is 2. The average molecular weight is 352 g/mol. The Labute approximate surface area is 128 Å². The Balaban J connectivity index is 1.96. The minimum atomic E-state index is -4.88. The Morgan fingerprint density at radius 3 is 2.78 bits per heavy atom. The lowest BCUT2D eigenvalue weighted by Gasteiger charge is -2.19. The SMILES string of the molecule is Nc1ncnc2c1ncn2[13C@@H]1O[13C@H]([13CH2]O)[13CH](OP(=O)(O)O)[13C@@H]1O. The number of hydrogen-bond acceptors (Lipinski definition) is 9. The fourth-order valence-electron chi connectivity index (χ4n) is 2.44. The van der Waals surface area contributed by atoms with E-state index in [-0.39, 0.29) is 17.0 Å². The van der Waals surface area contributed by atoms with Gasteiger partial charge in [0.05, 0.1) is 12.9 Å². The summed E-state index contributed by atoms with van der Waals surface area (Å²) in [5.41, 5.74) is 6.21. The first kappa shape index (κ1) is 16.2. The number of anilines is 1. The summed E-state index contributed by atoms with van der Waals surface area (Å²) in [4.78, 5) is 29.6. The number of aliphatic hydroxyl groups is 2. The number of nitrogens with zero attached hydrogens (tertiary/aromatic N) is 4. The number of imidazole rings is 1. The number of aromatic nitrogens is 4. The summed E-state index contributed by atoms with van der Waals surface area (Å²) in [7, 11) is -4.88. The van der Waals surface area contributed by atoms with Gasteiger partial charge in [0, 0.05) is 0 Å². The van der Waals surface area contributed by atoms with Crippen molar-refractivity contribution in [1.29, 1.82) is 0 Å². The summed E-state index contributed by atoms with van der Waals surface area (Å²) in [6.45, 7) is -0.609. The van der Waals surface area contributed by atoms with Crippen LogP contribution >= 0.6 is 7.82 Å². The van der Waals surface area contributed by atoms with Crippen LogP contribution in [-0.2, 0) is 13.8 Å². The molecule has 0 radical (unpaired) electrons. The molecular formula is C10H14N5O7P. The third-order valence-electron chi connectivity index (χ3n) is 3.41. The predicted molar refractivity (Wildman–Crippen MR) is 73.7 cm³/mol. The van der Waals surface area contributed by atoms with Gasteiger partial charge in [-0.25, -0.2) is 19.5 Å². The maximum Gasteiger partial charge on any atom is 0.470 e. The first-order valence-corrected chi connectivity index (χ1v) is 7.96. The van der Waals surface area contributed by atoms with E-state index in [1.807, 2.05) is 0 Å². The molecule has 0 spiro atoms. The number of hydrogen-bond donors (Lipinski definition) is 5. The van der Waals surface area contributed by atoms with Crippen molar-refractivity contribution in [2.45, 2.75) is 24.5 Å². The van der Waals surface area contributed by atoms with E-state index in [0.717, 1.165) is 0 Å². The van der Waals surface area contributed by atoms with E-state index >= 15 is 0 Å². The predicted octanol–water partition coefficient (Wildman–Crippen LogP) is -1.86. The summed E-state index contributed by atoms with van der Waals surface area (Å²) in [5, 5.41) is 19.6. The van der Waals surface area contributed by atoms with E-state index in [2.05, 4.69) is 19.5 Å². The zero-order chi connectivity index (χ0) is 16.8.